The van der Waals surface area contributed by atoms with Crippen molar-refractivity contribution in [2.24, 2.45) is 10.9 Å². The molecular weight excluding hydrogens is 2120 g/mol. The van der Waals surface area contributed by atoms with E-state index in [4.69, 9.17) is 31.9 Å². The summed E-state index contributed by atoms with van der Waals surface area (Å²) in [6.07, 6.45) is 18.8. The highest BCUT2D eigenvalue weighted by molar-refractivity contribution is 9.11. The summed E-state index contributed by atoms with van der Waals surface area (Å²) in [5, 5.41) is 52.6. The third-order valence-electron chi connectivity index (χ3n) is 20.7. The van der Waals surface area contributed by atoms with Gasteiger partial charge in [0, 0.05) is 159 Å². The number of Topliss-reactive ketones (excluding diaryl/α,β-unsaturated/α-hetero) is 1. The lowest BCUT2D eigenvalue weighted by molar-refractivity contribution is 0.0986. The van der Waals surface area contributed by atoms with Gasteiger partial charge >= 0.3 is 0 Å². The molecule has 718 valence electrons. The maximum absolute atomic E-state index is 14.5. The van der Waals surface area contributed by atoms with Crippen LogP contribution in [0.3, 0.4) is 0 Å². The van der Waals surface area contributed by atoms with Crippen molar-refractivity contribution in [1.29, 1.82) is 0 Å². The zero-order chi connectivity index (χ0) is 100. The Morgan fingerprint density at radius 1 is 0.413 bits per heavy atom. The zero-order valence-electron chi connectivity index (χ0n) is 74.9. The molecule has 0 unspecified atom stereocenters. The van der Waals surface area contributed by atoms with Crippen LogP contribution in [0.1, 0.15) is 76.0 Å². The number of ketones is 1. The Balaban J connectivity index is 0.000000122. The number of aliphatic hydroxyl groups excluding tert-OH is 1. The van der Waals surface area contributed by atoms with Crippen molar-refractivity contribution in [3.05, 3.63) is 330 Å². The number of nitrogen functional groups attached to an aromatic ring is 2. The Bertz CT molecular complexity index is 8510. The van der Waals surface area contributed by atoms with Crippen molar-refractivity contribution in [2.45, 2.75) is 60.0 Å². The van der Waals surface area contributed by atoms with Crippen LogP contribution in [0.25, 0.3) is 116 Å². The maximum atomic E-state index is 14.5. The molecule has 0 aliphatic rings. The number of halogens is 10. The minimum atomic E-state index is -0.388. The number of fused-ring (bicyclic) bond motifs is 10. The minimum absolute atomic E-state index is 0.0859. The van der Waals surface area contributed by atoms with E-state index in [0.29, 0.717) is 171 Å². The van der Waals surface area contributed by atoms with Gasteiger partial charge in [0.15, 0.2) is 45.8 Å². The Labute approximate surface area is 836 Å². The van der Waals surface area contributed by atoms with Crippen LogP contribution in [-0.2, 0) is 48.8 Å². The third kappa shape index (κ3) is 24.6. The first-order chi connectivity index (χ1) is 69.3. The summed E-state index contributed by atoms with van der Waals surface area (Å²) < 4.78 is 98.4. The van der Waals surface area contributed by atoms with Crippen molar-refractivity contribution in [3.63, 3.8) is 0 Å². The van der Waals surface area contributed by atoms with E-state index in [-0.39, 0.29) is 105 Å². The lowest BCUT2D eigenvalue weighted by Crippen LogP contribution is -2.08. The quantitative estimate of drug-likeness (QED) is 0.0118. The summed E-state index contributed by atoms with van der Waals surface area (Å²) in [5.74, 6) is -0.786. The number of rotatable bonds is 20. The molecule has 0 bridgehead atoms. The van der Waals surface area contributed by atoms with Crippen LogP contribution in [0.4, 0.5) is 43.8 Å². The second kappa shape index (κ2) is 46.0. The van der Waals surface area contributed by atoms with E-state index >= 15 is 0 Å². The van der Waals surface area contributed by atoms with E-state index < -0.39 is 0 Å². The largest absolute Gasteiger partial charge is 0.492 e. The number of carbonyl (C=O) groups excluding carboxylic acids is 1. The van der Waals surface area contributed by atoms with Crippen LogP contribution >= 0.6 is 63.7 Å². The molecule has 16 aromatic heterocycles. The molecule has 143 heavy (non-hydrogen) atoms. The van der Waals surface area contributed by atoms with Crippen molar-refractivity contribution >= 4 is 209 Å². The molecule has 0 radical (unpaired) electrons. The highest BCUT2D eigenvalue weighted by Gasteiger charge is 2.21. The summed E-state index contributed by atoms with van der Waals surface area (Å²) in [4.78, 5) is 91.0. The fraction of sp³-hybridized carbons (Fsp3) is 0.128. The van der Waals surface area contributed by atoms with Gasteiger partial charge in [0.2, 0.25) is 22.6 Å². The standard InChI is InChI=1S/C18H16FN7O2.C18H15FN6O.C16H11FN6O.C14H8BrFN6.C14H11BrFN5.C10H9FN2.C4H3Br2N3/c1-11(24-28-6-5-27)16-9-21-17-18(22-16)26(25-23-17)10-13-7-12-3-2-4-20-15(12)8-14(13)19;1-3-26-11(2)16-9-21-17-18(22-16)25(24-23-17)10-13-7-12-5-4-6-20-15(12)8-14(13)19;1-9(24)14-7-19-15-16(20-14)23(22-21-15)8-11-5-10-3-2-4-18-13(10)6-12(11)17;15-12-6-18-13-14(19-12)22(21-20-13)7-9-4-8-2-1-3-17-11(8)5-10(9)16;15-12-7-19-13(17)14(21-12)20-6-9-4-8-2-1-3-18-11(8)5-10(9)16;11-9-5-10-7(2-1-3-13-10)4-8(9)6-12;5-2-1-8-4(7)3(6)9-2/h2-4,7-9,27H,5-6,10H2,1H3;4-9H,2-3,10H2,1H3;2-7H,8H2,1H3;1-6H,7H2;1-5,7H,6H2,(H2,17,19)(H,20,21);1-5H,6,12H2;1H,(H2,7,8)/b24-11+;;;;;;. The van der Waals surface area contributed by atoms with Gasteiger partial charge < -0.3 is 37.2 Å². The van der Waals surface area contributed by atoms with Gasteiger partial charge in [-0.1, -0.05) is 69.0 Å². The van der Waals surface area contributed by atoms with E-state index in [1.807, 2.05) is 67.6 Å². The van der Waals surface area contributed by atoms with Crippen LogP contribution in [0.5, 0.6) is 0 Å². The van der Waals surface area contributed by atoms with Crippen LogP contribution in [0.15, 0.2) is 250 Å². The van der Waals surface area contributed by atoms with Crippen LogP contribution in [0, 0.1) is 34.9 Å². The van der Waals surface area contributed by atoms with Gasteiger partial charge in [0.1, 0.15) is 88.5 Å². The Kier molecular flexibility index (Phi) is 31.9. The first-order valence-corrected chi connectivity index (χ1v) is 45.8. The first-order valence-electron chi connectivity index (χ1n) is 42.6. The molecule has 0 amide bonds. The SMILES string of the molecule is C/C(=N\OCCO)c1cnc2nnn(Cc3cc4cccnc4cc3F)c2n1.C=C(OCC)c1cnc2nnn(Cc3cc4cccnc4cc3F)c2n1.CC(=O)c1cnc2nnn(Cc3cc4cccnc4cc3F)c2n1.Fc1cc2ncccc2cc1Cn1nnc2ncc(Br)nc21.NCc1cc2cccnc2cc1F.Nc1ncc(Br)nc1Br.Nc1ncc(Br)nc1NCc1cc2cccnc2cc1F. The van der Waals surface area contributed by atoms with Gasteiger partial charge in [-0.15, -0.1) is 20.4 Å². The molecule has 0 atom stereocenters. The molecule has 22 aromatic rings. The number of anilines is 3. The van der Waals surface area contributed by atoms with Crippen molar-refractivity contribution in [2.75, 3.05) is 36.6 Å². The molecular formula is C94H73Br4F6N35O4. The number of aliphatic hydroxyl groups is 1. The van der Waals surface area contributed by atoms with Crippen molar-refractivity contribution in [1.82, 2.24) is 150 Å². The molecule has 0 saturated carbocycles. The molecule has 39 nitrogen and oxygen atoms in total. The predicted octanol–water partition coefficient (Wildman–Crippen LogP) is 16.1. The summed E-state index contributed by atoms with van der Waals surface area (Å²) in [6.45, 7) is 10.4. The molecule has 0 saturated heterocycles. The molecule has 16 heterocycles. The lowest BCUT2D eigenvalue weighted by atomic mass is 10.1. The number of nitrogens with zero attached hydrogens (tertiary/aromatic N) is 31. The smallest absolute Gasteiger partial charge is 0.221 e. The van der Waals surface area contributed by atoms with Gasteiger partial charge in [-0.05, 0) is 150 Å². The number of pyridine rings is 6. The molecule has 0 spiro atoms. The molecule has 8 N–H and O–H groups in total. The van der Waals surface area contributed by atoms with Gasteiger partial charge in [-0.25, -0.2) is 105 Å². The van der Waals surface area contributed by atoms with E-state index in [1.54, 1.807) is 105 Å². The van der Waals surface area contributed by atoms with Crippen LogP contribution < -0.4 is 22.5 Å². The summed E-state index contributed by atoms with van der Waals surface area (Å²) in [6, 6.07) is 41.0. The number of nitrogens with two attached hydrogens (primary N) is 3. The number of hydrogen-bond donors (Lipinski definition) is 5. The number of hydrogen-bond acceptors (Lipinski definition) is 35. The fourth-order valence-corrected chi connectivity index (χ4v) is 15.1. The molecule has 0 aliphatic carbocycles. The van der Waals surface area contributed by atoms with Crippen molar-refractivity contribution < 1.29 is 45.8 Å². The zero-order valence-corrected chi connectivity index (χ0v) is 81.2. The highest BCUT2D eigenvalue weighted by Crippen LogP contribution is 2.29. The monoisotopic (exact) mass is 2190 g/mol. The third-order valence-corrected chi connectivity index (χ3v) is 22.4. The highest BCUT2D eigenvalue weighted by atomic mass is 79.9. The number of nitrogens with one attached hydrogen (secondary N) is 1. The average molecular weight is 2190 g/mol. The van der Waals surface area contributed by atoms with E-state index in [0.717, 1.165) is 32.3 Å². The number of oxime groups is 1. The van der Waals surface area contributed by atoms with Crippen molar-refractivity contribution in [3.8, 4) is 0 Å². The Morgan fingerprint density at radius 3 is 1.11 bits per heavy atom. The first kappa shape index (κ1) is 99.4. The Hall–Kier alpha value is -16.6. The molecule has 0 fully saturated rings. The maximum Gasteiger partial charge on any atom is 0.221 e. The minimum Gasteiger partial charge on any atom is -0.492 e. The van der Waals surface area contributed by atoms with Gasteiger partial charge in [-0.3, -0.25) is 34.7 Å². The topological polar surface area (TPSA) is 513 Å². The van der Waals surface area contributed by atoms with Gasteiger partial charge in [0.25, 0.3) is 0 Å². The number of carbonyl (C=O) groups is 1. The van der Waals surface area contributed by atoms with Crippen LogP contribution in [-0.4, -0.2) is 186 Å². The summed E-state index contributed by atoms with van der Waals surface area (Å²) in [5.41, 5.74) is 27.8. The second-order valence-corrected chi connectivity index (χ2v) is 33.6. The number of benzene rings is 6. The van der Waals surface area contributed by atoms with E-state index in [2.05, 4.69) is 212 Å². The van der Waals surface area contributed by atoms with Gasteiger partial charge in [0.05, 0.1) is 110 Å². The summed E-state index contributed by atoms with van der Waals surface area (Å²) in [7, 11) is 0. The predicted molar refractivity (Wildman–Crippen MR) is 534 cm³/mol. The number of ether oxygens (including phenoxy) is 1. The normalized spacial score (nSPS) is 11.2. The van der Waals surface area contributed by atoms with E-state index in [1.165, 1.54) is 86.8 Å². The van der Waals surface area contributed by atoms with Crippen LogP contribution in [0.2, 0.25) is 0 Å². The van der Waals surface area contributed by atoms with E-state index in [9.17, 15) is 31.1 Å². The second-order valence-electron chi connectivity index (χ2n) is 30.4. The Morgan fingerprint density at radius 2 is 0.734 bits per heavy atom. The van der Waals surface area contributed by atoms with Gasteiger partial charge in [-0.2, -0.15) is 0 Å². The summed E-state index contributed by atoms with van der Waals surface area (Å²) >= 11 is 12.7. The molecule has 22 rings (SSSR count). The lowest BCUT2D eigenvalue weighted by Gasteiger charge is -2.09. The molecule has 6 aromatic carbocycles. The average Bonchev–Trinajstić information content (AvgIpc) is 1.71. The molecule has 0 aliphatic heterocycles. The number of aromatic nitrogens is 30. The fourth-order valence-electron chi connectivity index (χ4n) is 13.7. The molecule has 49 heteroatoms.